The number of nitrogens with one attached hydrogen (secondary N) is 1. The van der Waals surface area contributed by atoms with Crippen LogP contribution in [0.15, 0.2) is 36.4 Å². The van der Waals surface area contributed by atoms with Gasteiger partial charge in [-0.25, -0.2) is 0 Å². The van der Waals surface area contributed by atoms with Gasteiger partial charge < -0.3 is 19.3 Å². The van der Waals surface area contributed by atoms with E-state index >= 15 is 0 Å². The Kier molecular flexibility index (Phi) is 5.53. The summed E-state index contributed by atoms with van der Waals surface area (Å²) in [5.74, 6) is 1.95. The van der Waals surface area contributed by atoms with E-state index in [1.165, 1.54) is 16.0 Å². The number of amides is 1. The van der Waals surface area contributed by atoms with Gasteiger partial charge in [0.2, 0.25) is 0 Å². The van der Waals surface area contributed by atoms with Crippen molar-refractivity contribution in [2.24, 2.45) is 0 Å². The summed E-state index contributed by atoms with van der Waals surface area (Å²) < 4.78 is 11.4. The molecule has 0 bridgehead atoms. The lowest BCUT2D eigenvalue weighted by atomic mass is 10.1. The van der Waals surface area contributed by atoms with Crippen molar-refractivity contribution in [3.63, 3.8) is 0 Å². The Bertz CT molecular complexity index is 837. The molecule has 0 radical (unpaired) electrons. The lowest BCUT2D eigenvalue weighted by Crippen LogP contribution is -3.13. The highest BCUT2D eigenvalue weighted by Crippen LogP contribution is 2.25. The third-order valence-corrected chi connectivity index (χ3v) is 5.78. The van der Waals surface area contributed by atoms with Crippen LogP contribution in [0.1, 0.15) is 22.3 Å². The fourth-order valence-corrected chi connectivity index (χ4v) is 4.14. The van der Waals surface area contributed by atoms with Crippen LogP contribution in [-0.2, 0) is 17.8 Å². The van der Waals surface area contributed by atoms with Crippen LogP contribution in [0, 0.1) is 13.8 Å². The van der Waals surface area contributed by atoms with Gasteiger partial charge in [0.1, 0.15) is 18.0 Å². The molecule has 5 heteroatoms. The molecular formula is C23H29N2O3+. The van der Waals surface area contributed by atoms with Crippen LogP contribution in [0.2, 0.25) is 0 Å². The van der Waals surface area contributed by atoms with Gasteiger partial charge in [-0.05, 0) is 48.7 Å². The number of fused-ring (bicyclic) bond motifs is 1. The molecule has 1 fully saturated rings. The maximum absolute atomic E-state index is 12.6. The van der Waals surface area contributed by atoms with Gasteiger partial charge in [-0.3, -0.25) is 4.79 Å². The molecule has 0 atom stereocenters. The van der Waals surface area contributed by atoms with Crippen LogP contribution in [0.4, 0.5) is 0 Å². The first kappa shape index (κ1) is 18.8. The second kappa shape index (κ2) is 8.23. The summed E-state index contributed by atoms with van der Waals surface area (Å²) >= 11 is 0. The first-order chi connectivity index (χ1) is 13.6. The molecule has 1 amide bonds. The van der Waals surface area contributed by atoms with E-state index in [9.17, 15) is 4.79 Å². The minimum absolute atomic E-state index is 0.0800. The summed E-state index contributed by atoms with van der Waals surface area (Å²) in [5.41, 5.74) is 4.83. The summed E-state index contributed by atoms with van der Waals surface area (Å²) in [7, 11) is 0. The molecule has 1 N–H and O–H groups in total. The van der Waals surface area contributed by atoms with E-state index < -0.39 is 0 Å². The molecule has 0 aromatic heterocycles. The zero-order chi connectivity index (χ0) is 19.5. The number of carbonyl (C=O) groups is 1. The van der Waals surface area contributed by atoms with E-state index in [2.05, 4.69) is 18.2 Å². The highest BCUT2D eigenvalue weighted by atomic mass is 16.5. The van der Waals surface area contributed by atoms with Crippen molar-refractivity contribution in [1.29, 1.82) is 0 Å². The van der Waals surface area contributed by atoms with Gasteiger partial charge in [0, 0.05) is 12.0 Å². The van der Waals surface area contributed by atoms with Crippen LogP contribution in [-0.4, -0.2) is 50.2 Å². The highest BCUT2D eigenvalue weighted by molar-refractivity contribution is 5.78. The van der Waals surface area contributed by atoms with E-state index in [0.29, 0.717) is 0 Å². The number of rotatable bonds is 5. The van der Waals surface area contributed by atoms with Crippen molar-refractivity contribution in [2.45, 2.75) is 26.8 Å². The molecular weight excluding hydrogens is 352 g/mol. The maximum Gasteiger partial charge on any atom is 0.260 e. The molecule has 1 saturated heterocycles. The number of hydrogen-bond donors (Lipinski definition) is 1. The molecule has 0 aliphatic carbocycles. The number of para-hydroxylation sites is 1. The molecule has 28 heavy (non-hydrogen) atoms. The number of aryl methyl sites for hydroxylation is 2. The summed E-state index contributed by atoms with van der Waals surface area (Å²) in [5, 5.41) is 0. The Hall–Kier alpha value is -2.53. The Balaban J connectivity index is 1.26. The topological polar surface area (TPSA) is 43.2 Å². The second-order valence-electron chi connectivity index (χ2n) is 7.86. The molecule has 2 aliphatic rings. The van der Waals surface area contributed by atoms with Gasteiger partial charge in [0.25, 0.3) is 5.91 Å². The predicted octanol–water partition coefficient (Wildman–Crippen LogP) is 1.54. The van der Waals surface area contributed by atoms with E-state index in [1.807, 2.05) is 36.9 Å². The lowest BCUT2D eigenvalue weighted by Gasteiger charge is -2.32. The number of piperazine rings is 1. The molecule has 0 unspecified atom stereocenters. The standard InChI is InChI=1S/C23H28N2O3/c1-17-4-3-5-18(2)23(17)28-16-22(26)25-11-9-24(10-12-25)15-19-6-7-21-20(14-19)8-13-27-21/h3-7,14H,8-13,15-16H2,1-2H3/p+1. The molecule has 0 saturated carbocycles. The van der Waals surface area contributed by atoms with Crippen LogP contribution in [0.25, 0.3) is 0 Å². The SMILES string of the molecule is Cc1cccc(C)c1OCC(=O)N1CC[NH+](Cc2ccc3c(c2)CCO3)CC1. The zero-order valence-corrected chi connectivity index (χ0v) is 16.8. The molecule has 2 aliphatic heterocycles. The van der Waals surface area contributed by atoms with Crippen molar-refractivity contribution in [3.05, 3.63) is 58.7 Å². The third-order valence-electron chi connectivity index (χ3n) is 5.78. The molecule has 2 aromatic rings. The van der Waals surface area contributed by atoms with Gasteiger partial charge in [0.15, 0.2) is 6.61 Å². The fourth-order valence-electron chi connectivity index (χ4n) is 4.14. The first-order valence-electron chi connectivity index (χ1n) is 10.1. The minimum atomic E-state index is 0.0800. The molecule has 2 aromatic carbocycles. The maximum atomic E-state index is 12.6. The average molecular weight is 381 g/mol. The van der Waals surface area contributed by atoms with E-state index in [1.54, 1.807) is 0 Å². The average Bonchev–Trinajstić information content (AvgIpc) is 3.16. The molecule has 4 rings (SSSR count). The molecule has 2 heterocycles. The van der Waals surface area contributed by atoms with E-state index in [-0.39, 0.29) is 12.5 Å². The largest absolute Gasteiger partial charge is 0.493 e. The van der Waals surface area contributed by atoms with Crippen molar-refractivity contribution < 1.29 is 19.2 Å². The van der Waals surface area contributed by atoms with E-state index in [0.717, 1.165) is 68.4 Å². The fraction of sp³-hybridized carbons (Fsp3) is 0.435. The summed E-state index contributed by atoms with van der Waals surface area (Å²) in [6, 6.07) is 12.6. The highest BCUT2D eigenvalue weighted by Gasteiger charge is 2.24. The lowest BCUT2D eigenvalue weighted by molar-refractivity contribution is -0.917. The number of ether oxygens (including phenoxy) is 2. The van der Waals surface area contributed by atoms with Gasteiger partial charge in [-0.1, -0.05) is 18.2 Å². The summed E-state index contributed by atoms with van der Waals surface area (Å²) in [6.45, 7) is 9.48. The number of nitrogens with zero attached hydrogens (tertiary/aromatic N) is 1. The number of benzene rings is 2. The van der Waals surface area contributed by atoms with Crippen LogP contribution < -0.4 is 14.4 Å². The number of carbonyl (C=O) groups excluding carboxylic acids is 1. The molecule has 0 spiro atoms. The molecule has 148 valence electrons. The van der Waals surface area contributed by atoms with Crippen molar-refractivity contribution in [1.82, 2.24) is 4.90 Å². The Morgan fingerprint density at radius 2 is 1.89 bits per heavy atom. The quantitative estimate of drug-likeness (QED) is 0.855. The van der Waals surface area contributed by atoms with Gasteiger partial charge >= 0.3 is 0 Å². The second-order valence-corrected chi connectivity index (χ2v) is 7.86. The smallest absolute Gasteiger partial charge is 0.260 e. The Morgan fingerprint density at radius 1 is 1.14 bits per heavy atom. The number of hydrogen-bond acceptors (Lipinski definition) is 3. The summed E-state index contributed by atoms with van der Waals surface area (Å²) in [4.78, 5) is 16.0. The van der Waals surface area contributed by atoms with Crippen LogP contribution in [0.3, 0.4) is 0 Å². The van der Waals surface area contributed by atoms with E-state index in [4.69, 9.17) is 9.47 Å². The van der Waals surface area contributed by atoms with Gasteiger partial charge in [-0.15, -0.1) is 0 Å². The zero-order valence-electron chi connectivity index (χ0n) is 16.8. The first-order valence-corrected chi connectivity index (χ1v) is 10.1. The monoisotopic (exact) mass is 381 g/mol. The number of quaternary nitrogens is 1. The van der Waals surface area contributed by atoms with Gasteiger partial charge in [-0.2, -0.15) is 0 Å². The Morgan fingerprint density at radius 3 is 2.64 bits per heavy atom. The summed E-state index contributed by atoms with van der Waals surface area (Å²) in [6.07, 6.45) is 1.02. The van der Waals surface area contributed by atoms with Crippen molar-refractivity contribution >= 4 is 5.91 Å². The van der Waals surface area contributed by atoms with Crippen LogP contribution >= 0.6 is 0 Å². The third kappa shape index (κ3) is 4.14. The van der Waals surface area contributed by atoms with Crippen molar-refractivity contribution in [3.8, 4) is 11.5 Å². The van der Waals surface area contributed by atoms with Crippen LogP contribution in [0.5, 0.6) is 11.5 Å². The predicted molar refractivity (Wildman–Crippen MR) is 108 cm³/mol. The molecule has 5 nitrogen and oxygen atoms in total. The normalized spacial score (nSPS) is 16.6. The van der Waals surface area contributed by atoms with Crippen molar-refractivity contribution in [2.75, 3.05) is 39.4 Å². The van der Waals surface area contributed by atoms with Gasteiger partial charge in [0.05, 0.1) is 32.8 Å². The minimum Gasteiger partial charge on any atom is -0.493 e. The Labute approximate surface area is 166 Å².